The zero-order valence-electron chi connectivity index (χ0n) is 19.0. The van der Waals surface area contributed by atoms with E-state index in [1.54, 1.807) is 0 Å². The normalized spacial score (nSPS) is 11.9. The van der Waals surface area contributed by atoms with Crippen LogP contribution in [0.3, 0.4) is 0 Å². The maximum Gasteiger partial charge on any atom is 0.329 e. The third-order valence-electron chi connectivity index (χ3n) is 5.61. The number of H-pyrrole nitrogens is 1. The van der Waals surface area contributed by atoms with Crippen LogP contribution in [-0.4, -0.2) is 39.7 Å². The number of benzene rings is 3. The fourth-order valence-corrected chi connectivity index (χ4v) is 3.93. The second-order valence-corrected chi connectivity index (χ2v) is 8.22. The fourth-order valence-electron chi connectivity index (χ4n) is 3.93. The Morgan fingerprint density at radius 2 is 1.61 bits per heavy atom. The average molecular weight is 442 g/mol. The van der Waals surface area contributed by atoms with E-state index in [2.05, 4.69) is 20.6 Å². The number of tetrazole rings is 1. The highest BCUT2D eigenvalue weighted by atomic mass is 16.5. The third-order valence-corrected chi connectivity index (χ3v) is 5.61. The van der Waals surface area contributed by atoms with E-state index in [0.29, 0.717) is 5.82 Å². The average Bonchev–Trinajstić information content (AvgIpc) is 3.38. The number of nitrogens with one attached hydrogen (secondary N) is 1. The van der Waals surface area contributed by atoms with E-state index in [4.69, 9.17) is 4.74 Å². The summed E-state index contributed by atoms with van der Waals surface area (Å²) in [6.45, 7) is 4.32. The molecule has 0 aliphatic carbocycles. The number of ether oxygens (including phenoxy) is 1. The van der Waals surface area contributed by atoms with Crippen molar-refractivity contribution in [1.29, 1.82) is 0 Å². The summed E-state index contributed by atoms with van der Waals surface area (Å²) in [7, 11) is 1.93. The van der Waals surface area contributed by atoms with Crippen molar-refractivity contribution in [2.24, 2.45) is 5.92 Å². The van der Waals surface area contributed by atoms with Gasteiger partial charge in [-0.15, -0.1) is 10.2 Å². The number of aromatic nitrogens is 4. The summed E-state index contributed by atoms with van der Waals surface area (Å²) in [5.74, 6) is 0.396. The van der Waals surface area contributed by atoms with Crippen LogP contribution in [0.15, 0.2) is 78.9 Å². The molecule has 0 bridgehead atoms. The molecular weight excluding hydrogens is 414 g/mol. The topological polar surface area (TPSA) is 84.0 Å². The van der Waals surface area contributed by atoms with Crippen LogP contribution in [0.2, 0.25) is 0 Å². The lowest BCUT2D eigenvalue weighted by atomic mass is 9.98. The molecule has 0 saturated carbocycles. The molecule has 4 aromatic rings. The first-order chi connectivity index (χ1) is 16.0. The van der Waals surface area contributed by atoms with Crippen LogP contribution in [-0.2, 0) is 16.1 Å². The van der Waals surface area contributed by atoms with Crippen LogP contribution in [0.5, 0.6) is 0 Å². The van der Waals surface area contributed by atoms with Crippen LogP contribution in [0, 0.1) is 5.92 Å². The largest absolute Gasteiger partial charge is 0.459 e. The number of hydrogen-bond acceptors (Lipinski definition) is 6. The summed E-state index contributed by atoms with van der Waals surface area (Å²) in [5.41, 5.74) is 4.85. The number of hydrogen-bond donors (Lipinski definition) is 1. The van der Waals surface area contributed by atoms with Gasteiger partial charge in [-0.1, -0.05) is 80.6 Å². The molecule has 7 nitrogen and oxygen atoms in total. The second kappa shape index (κ2) is 10.1. The summed E-state index contributed by atoms with van der Waals surface area (Å²) in [4.78, 5) is 14.9. The lowest BCUT2D eigenvalue weighted by molar-refractivity contribution is -0.147. The maximum atomic E-state index is 13.0. The molecule has 33 heavy (non-hydrogen) atoms. The van der Waals surface area contributed by atoms with Gasteiger partial charge in [-0.3, -0.25) is 0 Å². The van der Waals surface area contributed by atoms with Crippen molar-refractivity contribution in [2.45, 2.75) is 26.5 Å². The molecule has 4 rings (SSSR count). The zero-order valence-corrected chi connectivity index (χ0v) is 19.0. The highest BCUT2D eigenvalue weighted by Gasteiger charge is 2.28. The van der Waals surface area contributed by atoms with Crippen molar-refractivity contribution in [1.82, 2.24) is 20.6 Å². The van der Waals surface area contributed by atoms with Gasteiger partial charge in [0, 0.05) is 18.3 Å². The van der Waals surface area contributed by atoms with Crippen molar-refractivity contribution >= 4 is 11.7 Å². The quantitative estimate of drug-likeness (QED) is 0.398. The third kappa shape index (κ3) is 5.09. The van der Waals surface area contributed by atoms with Gasteiger partial charge in [-0.25, -0.2) is 4.79 Å². The predicted molar refractivity (Wildman–Crippen MR) is 128 cm³/mol. The van der Waals surface area contributed by atoms with Gasteiger partial charge in [0.15, 0.2) is 0 Å². The maximum absolute atomic E-state index is 13.0. The standard InChI is InChI=1S/C26H27N5O2/c1-18(2)24(26(32)33-17-19-9-5-4-6-10-19)31(3)21-15-13-20(14-16-21)22-11-7-8-12-23(22)25-27-29-30-28-25/h4-16,18,24H,17H2,1-3H3,(H,27,28,29,30)/t24-/m0/s1. The van der Waals surface area contributed by atoms with Gasteiger partial charge >= 0.3 is 5.97 Å². The summed E-state index contributed by atoms with van der Waals surface area (Å²) in [6, 6.07) is 25.4. The minimum Gasteiger partial charge on any atom is -0.459 e. The molecule has 1 aromatic heterocycles. The van der Waals surface area contributed by atoms with Gasteiger partial charge in [-0.2, -0.15) is 5.21 Å². The molecule has 1 heterocycles. The predicted octanol–water partition coefficient (Wildman–Crippen LogP) is 4.74. The number of rotatable bonds is 8. The van der Waals surface area contributed by atoms with E-state index >= 15 is 0 Å². The van der Waals surface area contributed by atoms with Crippen molar-refractivity contribution in [2.75, 3.05) is 11.9 Å². The zero-order chi connectivity index (χ0) is 23.2. The fraction of sp³-hybridized carbons (Fsp3) is 0.231. The lowest BCUT2D eigenvalue weighted by Crippen LogP contribution is -2.43. The highest BCUT2D eigenvalue weighted by molar-refractivity contribution is 5.83. The summed E-state index contributed by atoms with van der Waals surface area (Å²) < 4.78 is 5.64. The van der Waals surface area contributed by atoms with Crippen molar-refractivity contribution < 1.29 is 9.53 Å². The Balaban J connectivity index is 1.52. The van der Waals surface area contributed by atoms with E-state index in [1.165, 1.54) is 0 Å². The van der Waals surface area contributed by atoms with Crippen LogP contribution in [0.4, 0.5) is 5.69 Å². The Bertz CT molecular complexity index is 1180. The molecule has 1 N–H and O–H groups in total. The van der Waals surface area contributed by atoms with E-state index in [0.717, 1.165) is 27.9 Å². The highest BCUT2D eigenvalue weighted by Crippen LogP contribution is 2.31. The Labute approximate surface area is 193 Å². The summed E-state index contributed by atoms with van der Waals surface area (Å²) in [6.07, 6.45) is 0. The molecule has 0 fully saturated rings. The number of esters is 1. The number of carbonyl (C=O) groups excluding carboxylic acids is 1. The Morgan fingerprint density at radius 1 is 0.939 bits per heavy atom. The molecular formula is C26H27N5O2. The van der Waals surface area contributed by atoms with Gasteiger partial charge in [0.05, 0.1) is 0 Å². The van der Waals surface area contributed by atoms with Crippen molar-refractivity contribution in [3.05, 3.63) is 84.4 Å². The summed E-state index contributed by atoms with van der Waals surface area (Å²) in [5, 5.41) is 14.4. The Hall–Kier alpha value is -4.00. The van der Waals surface area contributed by atoms with Crippen LogP contribution in [0.1, 0.15) is 19.4 Å². The minimum atomic E-state index is -0.397. The number of nitrogens with zero attached hydrogens (tertiary/aromatic N) is 4. The van der Waals surface area contributed by atoms with E-state index in [9.17, 15) is 4.79 Å². The SMILES string of the molecule is CC(C)[C@@H](C(=O)OCc1ccccc1)N(C)c1ccc(-c2ccccc2-c2nn[nH]n2)cc1. The number of likely N-dealkylation sites (N-methyl/N-ethyl adjacent to an activating group) is 1. The molecule has 0 spiro atoms. The monoisotopic (exact) mass is 441 g/mol. The Kier molecular flexibility index (Phi) is 6.78. The van der Waals surface area contributed by atoms with E-state index in [1.807, 2.05) is 105 Å². The first-order valence-electron chi connectivity index (χ1n) is 10.9. The molecule has 0 amide bonds. The van der Waals surface area contributed by atoms with Crippen LogP contribution in [0.25, 0.3) is 22.5 Å². The molecule has 3 aromatic carbocycles. The van der Waals surface area contributed by atoms with Gasteiger partial charge in [0.1, 0.15) is 12.6 Å². The van der Waals surface area contributed by atoms with Gasteiger partial charge in [0.2, 0.25) is 5.82 Å². The first kappa shape index (κ1) is 22.2. The van der Waals surface area contributed by atoms with Gasteiger partial charge in [0.25, 0.3) is 0 Å². The first-order valence-corrected chi connectivity index (χ1v) is 10.9. The van der Waals surface area contributed by atoms with Crippen LogP contribution < -0.4 is 4.90 Å². The Morgan fingerprint density at radius 3 is 2.24 bits per heavy atom. The van der Waals surface area contributed by atoms with Crippen LogP contribution >= 0.6 is 0 Å². The molecule has 7 heteroatoms. The number of aromatic amines is 1. The van der Waals surface area contributed by atoms with Gasteiger partial charge in [-0.05, 0) is 40.0 Å². The van der Waals surface area contributed by atoms with E-state index < -0.39 is 6.04 Å². The molecule has 0 saturated heterocycles. The molecule has 0 radical (unpaired) electrons. The molecule has 1 atom stereocenters. The van der Waals surface area contributed by atoms with Crippen molar-refractivity contribution in [3.63, 3.8) is 0 Å². The van der Waals surface area contributed by atoms with E-state index in [-0.39, 0.29) is 18.5 Å². The van der Waals surface area contributed by atoms with Gasteiger partial charge < -0.3 is 9.64 Å². The lowest BCUT2D eigenvalue weighted by Gasteiger charge is -2.31. The number of carbonyl (C=O) groups is 1. The summed E-state index contributed by atoms with van der Waals surface area (Å²) >= 11 is 0. The molecule has 0 unspecified atom stereocenters. The van der Waals surface area contributed by atoms with Crippen molar-refractivity contribution in [3.8, 4) is 22.5 Å². The smallest absolute Gasteiger partial charge is 0.329 e. The molecule has 0 aliphatic rings. The number of anilines is 1. The second-order valence-electron chi connectivity index (χ2n) is 8.22. The molecule has 168 valence electrons. The molecule has 0 aliphatic heterocycles. The minimum absolute atomic E-state index is 0.0805.